The Morgan fingerprint density at radius 2 is 1.95 bits per heavy atom. The van der Waals surface area contributed by atoms with Crippen molar-refractivity contribution in [1.82, 2.24) is 5.32 Å². The minimum Gasteiger partial charge on any atom is -0.377 e. The summed E-state index contributed by atoms with van der Waals surface area (Å²) in [6.45, 7) is 13.3. The highest BCUT2D eigenvalue weighted by Gasteiger charge is 2.33. The van der Waals surface area contributed by atoms with Crippen LogP contribution in [-0.4, -0.2) is 25.3 Å². The number of rotatable bonds is 8. The summed E-state index contributed by atoms with van der Waals surface area (Å²) in [4.78, 5) is 0. The Labute approximate surface area is 120 Å². The number of hydrogen-bond donors (Lipinski definition) is 1. The summed E-state index contributed by atoms with van der Waals surface area (Å²) in [5.41, 5.74) is 0. The molecule has 0 aromatic carbocycles. The second-order valence-electron chi connectivity index (χ2n) is 6.68. The molecular weight excluding hydrogens is 234 g/mol. The van der Waals surface area contributed by atoms with Crippen LogP contribution in [0.2, 0.25) is 0 Å². The third-order valence-electron chi connectivity index (χ3n) is 4.48. The fourth-order valence-electron chi connectivity index (χ4n) is 3.57. The van der Waals surface area contributed by atoms with Gasteiger partial charge in [-0.3, -0.25) is 0 Å². The molecule has 0 aromatic heterocycles. The summed E-state index contributed by atoms with van der Waals surface area (Å²) in [7, 11) is 0. The van der Waals surface area contributed by atoms with Crippen LogP contribution in [0.5, 0.6) is 0 Å². The smallest absolute Gasteiger partial charge is 0.0753 e. The van der Waals surface area contributed by atoms with Gasteiger partial charge in [-0.2, -0.15) is 0 Å². The summed E-state index contributed by atoms with van der Waals surface area (Å²) in [5, 5.41) is 3.80. The lowest BCUT2D eigenvalue weighted by Gasteiger charge is -2.39. The van der Waals surface area contributed by atoms with Gasteiger partial charge in [0.05, 0.1) is 6.10 Å². The van der Waals surface area contributed by atoms with Gasteiger partial charge in [0.25, 0.3) is 0 Å². The van der Waals surface area contributed by atoms with Crippen molar-refractivity contribution in [3.05, 3.63) is 0 Å². The highest BCUT2D eigenvalue weighted by Crippen LogP contribution is 2.33. The molecule has 0 saturated heterocycles. The maximum Gasteiger partial charge on any atom is 0.0753 e. The van der Waals surface area contributed by atoms with Gasteiger partial charge in [0.15, 0.2) is 0 Å². The van der Waals surface area contributed by atoms with Crippen LogP contribution < -0.4 is 5.32 Å². The zero-order chi connectivity index (χ0) is 14.3. The van der Waals surface area contributed by atoms with Crippen molar-refractivity contribution in [3.63, 3.8) is 0 Å². The molecule has 1 N–H and O–H groups in total. The van der Waals surface area contributed by atoms with Crippen LogP contribution in [0.3, 0.4) is 0 Å². The molecule has 1 aliphatic carbocycles. The van der Waals surface area contributed by atoms with Crippen molar-refractivity contribution in [3.8, 4) is 0 Å². The Bertz CT molecular complexity index is 229. The number of nitrogens with one attached hydrogen (secondary N) is 1. The van der Waals surface area contributed by atoms with E-state index in [0.29, 0.717) is 18.1 Å². The van der Waals surface area contributed by atoms with Crippen molar-refractivity contribution in [2.24, 2.45) is 17.8 Å². The normalized spacial score (nSPS) is 27.5. The molecule has 1 fully saturated rings. The first-order valence-corrected chi connectivity index (χ1v) is 8.45. The molecule has 0 aliphatic heterocycles. The second kappa shape index (κ2) is 8.97. The first-order valence-electron chi connectivity index (χ1n) is 8.45. The van der Waals surface area contributed by atoms with Gasteiger partial charge in [0, 0.05) is 12.6 Å². The maximum absolute atomic E-state index is 6.09. The van der Waals surface area contributed by atoms with Crippen LogP contribution in [0.1, 0.15) is 66.7 Å². The third-order valence-corrected chi connectivity index (χ3v) is 4.48. The minimum absolute atomic E-state index is 0.367. The summed E-state index contributed by atoms with van der Waals surface area (Å²) >= 11 is 0. The SMILES string of the molecule is CCCNC(C1CCCC(C)C1)C(OCC)C(C)C. The number of ether oxygens (including phenoxy) is 1. The summed E-state index contributed by atoms with van der Waals surface area (Å²) in [6, 6.07) is 0.544. The van der Waals surface area contributed by atoms with Gasteiger partial charge in [-0.05, 0) is 50.5 Å². The maximum atomic E-state index is 6.09. The molecule has 0 heterocycles. The van der Waals surface area contributed by atoms with Gasteiger partial charge in [-0.15, -0.1) is 0 Å². The molecule has 0 amide bonds. The molecule has 19 heavy (non-hydrogen) atoms. The third kappa shape index (κ3) is 5.43. The van der Waals surface area contributed by atoms with E-state index in [1.165, 1.54) is 32.1 Å². The molecule has 4 unspecified atom stereocenters. The molecule has 1 saturated carbocycles. The van der Waals surface area contributed by atoms with Gasteiger partial charge < -0.3 is 10.1 Å². The highest BCUT2D eigenvalue weighted by atomic mass is 16.5. The standard InChI is InChI=1S/C17H35NO/c1-6-11-18-16(17(13(3)4)19-7-2)15-10-8-9-14(5)12-15/h13-18H,6-12H2,1-5H3. The van der Waals surface area contributed by atoms with Crippen LogP contribution in [0.15, 0.2) is 0 Å². The van der Waals surface area contributed by atoms with E-state index >= 15 is 0 Å². The summed E-state index contributed by atoms with van der Waals surface area (Å²) in [6.07, 6.45) is 7.13. The van der Waals surface area contributed by atoms with E-state index in [0.717, 1.165) is 25.0 Å². The van der Waals surface area contributed by atoms with Gasteiger partial charge in [-0.25, -0.2) is 0 Å². The molecule has 0 bridgehead atoms. The highest BCUT2D eigenvalue weighted by molar-refractivity contribution is 4.88. The molecule has 1 rings (SSSR count). The van der Waals surface area contributed by atoms with E-state index < -0.39 is 0 Å². The van der Waals surface area contributed by atoms with E-state index in [1.54, 1.807) is 0 Å². The predicted molar refractivity (Wildman–Crippen MR) is 83.5 cm³/mol. The molecule has 0 aromatic rings. The first-order chi connectivity index (χ1) is 9.10. The van der Waals surface area contributed by atoms with Crippen molar-refractivity contribution < 1.29 is 4.74 Å². The van der Waals surface area contributed by atoms with Gasteiger partial charge in [0.1, 0.15) is 0 Å². The Morgan fingerprint density at radius 3 is 2.47 bits per heavy atom. The van der Waals surface area contributed by atoms with Crippen LogP contribution in [0.4, 0.5) is 0 Å². The van der Waals surface area contributed by atoms with Crippen LogP contribution in [0, 0.1) is 17.8 Å². The van der Waals surface area contributed by atoms with E-state index in [1.807, 2.05) is 0 Å². The second-order valence-corrected chi connectivity index (χ2v) is 6.68. The quantitative estimate of drug-likeness (QED) is 0.711. The lowest BCUT2D eigenvalue weighted by Crippen LogP contribution is -2.50. The van der Waals surface area contributed by atoms with Crippen LogP contribution >= 0.6 is 0 Å². The van der Waals surface area contributed by atoms with Crippen molar-refractivity contribution in [2.45, 2.75) is 78.9 Å². The minimum atomic E-state index is 0.367. The van der Waals surface area contributed by atoms with Gasteiger partial charge in [0.2, 0.25) is 0 Å². The summed E-state index contributed by atoms with van der Waals surface area (Å²) < 4.78 is 6.09. The fourth-order valence-corrected chi connectivity index (χ4v) is 3.57. The molecule has 1 aliphatic rings. The Kier molecular flexibility index (Phi) is 8.01. The van der Waals surface area contributed by atoms with E-state index in [4.69, 9.17) is 4.74 Å². The van der Waals surface area contributed by atoms with Crippen molar-refractivity contribution >= 4 is 0 Å². The molecule has 2 nitrogen and oxygen atoms in total. The molecule has 0 spiro atoms. The monoisotopic (exact) mass is 269 g/mol. The van der Waals surface area contributed by atoms with Crippen LogP contribution in [-0.2, 0) is 4.74 Å². The predicted octanol–water partition coefficient (Wildman–Crippen LogP) is 4.24. The molecule has 2 heteroatoms. The topological polar surface area (TPSA) is 21.3 Å². The Balaban J connectivity index is 2.72. The fraction of sp³-hybridized carbons (Fsp3) is 1.00. The van der Waals surface area contributed by atoms with E-state index in [-0.39, 0.29) is 0 Å². The van der Waals surface area contributed by atoms with Gasteiger partial charge >= 0.3 is 0 Å². The zero-order valence-corrected chi connectivity index (χ0v) is 13.7. The average Bonchev–Trinajstić information content (AvgIpc) is 2.37. The van der Waals surface area contributed by atoms with Crippen LogP contribution in [0.25, 0.3) is 0 Å². The van der Waals surface area contributed by atoms with Gasteiger partial charge in [-0.1, -0.05) is 40.5 Å². The Hall–Kier alpha value is -0.0800. The average molecular weight is 269 g/mol. The molecule has 4 atom stereocenters. The van der Waals surface area contributed by atoms with Crippen molar-refractivity contribution in [1.29, 1.82) is 0 Å². The molecule has 114 valence electrons. The van der Waals surface area contributed by atoms with Crippen molar-refractivity contribution in [2.75, 3.05) is 13.2 Å². The lowest BCUT2D eigenvalue weighted by molar-refractivity contribution is -0.0193. The summed E-state index contributed by atoms with van der Waals surface area (Å²) in [5.74, 6) is 2.28. The largest absolute Gasteiger partial charge is 0.377 e. The molecular formula is C17H35NO. The van der Waals surface area contributed by atoms with E-state index in [9.17, 15) is 0 Å². The molecule has 0 radical (unpaired) electrons. The zero-order valence-electron chi connectivity index (χ0n) is 13.7. The Morgan fingerprint density at radius 1 is 1.21 bits per heavy atom. The number of hydrogen-bond acceptors (Lipinski definition) is 2. The van der Waals surface area contributed by atoms with E-state index in [2.05, 4.69) is 39.9 Å². The first kappa shape index (κ1) is 17.0. The lowest BCUT2D eigenvalue weighted by atomic mass is 9.75.